The average molecular weight is 466 g/mol. The molecule has 0 radical (unpaired) electrons. The van der Waals surface area contributed by atoms with Crippen molar-refractivity contribution in [3.05, 3.63) is 65.2 Å². The van der Waals surface area contributed by atoms with Crippen molar-refractivity contribution in [2.24, 2.45) is 0 Å². The summed E-state index contributed by atoms with van der Waals surface area (Å²) in [5.41, 5.74) is 2.25. The standard InChI is InChI=1S/C25H27N3O4S/c1-31-20-9-7-17(8-10-20)25-27-21(16-33-25)24(30)26-19-11-13-28(14-12-19)23(29)15-18-5-3-4-6-22(18)32-2/h3-10,16,19H,11-15H2,1-2H3,(H,26,30). The van der Waals surface area contributed by atoms with Gasteiger partial charge >= 0.3 is 0 Å². The number of hydrogen-bond acceptors (Lipinski definition) is 6. The largest absolute Gasteiger partial charge is 0.497 e. The molecule has 7 nitrogen and oxygen atoms in total. The number of hydrogen-bond donors (Lipinski definition) is 1. The summed E-state index contributed by atoms with van der Waals surface area (Å²) in [5, 5.41) is 5.64. The van der Waals surface area contributed by atoms with Gasteiger partial charge in [-0.1, -0.05) is 18.2 Å². The van der Waals surface area contributed by atoms with Crippen LogP contribution in [0.15, 0.2) is 53.9 Å². The van der Waals surface area contributed by atoms with E-state index >= 15 is 0 Å². The highest BCUT2D eigenvalue weighted by molar-refractivity contribution is 7.13. The van der Waals surface area contributed by atoms with Crippen molar-refractivity contribution in [3.63, 3.8) is 0 Å². The van der Waals surface area contributed by atoms with E-state index in [1.165, 1.54) is 11.3 Å². The monoisotopic (exact) mass is 465 g/mol. The van der Waals surface area contributed by atoms with Gasteiger partial charge in [-0.25, -0.2) is 4.98 Å². The minimum absolute atomic E-state index is 0.0268. The second-order valence-corrected chi connectivity index (χ2v) is 8.74. The highest BCUT2D eigenvalue weighted by Gasteiger charge is 2.25. The summed E-state index contributed by atoms with van der Waals surface area (Å²) in [5.74, 6) is 1.41. The minimum atomic E-state index is -0.176. The van der Waals surface area contributed by atoms with Crippen LogP contribution in [-0.2, 0) is 11.2 Å². The fraction of sp³-hybridized carbons (Fsp3) is 0.320. The summed E-state index contributed by atoms with van der Waals surface area (Å²) in [6, 6.07) is 15.2. The van der Waals surface area contributed by atoms with Crippen LogP contribution >= 0.6 is 11.3 Å². The number of para-hydroxylation sites is 1. The molecule has 8 heteroatoms. The lowest BCUT2D eigenvalue weighted by Gasteiger charge is -2.32. The molecule has 2 heterocycles. The molecule has 0 spiro atoms. The van der Waals surface area contributed by atoms with Crippen LogP contribution in [0.2, 0.25) is 0 Å². The molecule has 3 aromatic rings. The number of methoxy groups -OCH3 is 2. The Labute approximate surface area is 197 Å². The van der Waals surface area contributed by atoms with E-state index < -0.39 is 0 Å². The van der Waals surface area contributed by atoms with Gasteiger partial charge in [0, 0.05) is 35.6 Å². The fourth-order valence-corrected chi connectivity index (χ4v) is 4.71. The van der Waals surface area contributed by atoms with Crippen molar-refractivity contribution in [2.75, 3.05) is 27.3 Å². The zero-order chi connectivity index (χ0) is 23.2. The molecule has 0 saturated carbocycles. The third-order valence-corrected chi connectivity index (χ3v) is 6.68. The summed E-state index contributed by atoms with van der Waals surface area (Å²) in [6.45, 7) is 1.24. The first kappa shape index (κ1) is 22.8. The molecule has 2 amide bonds. The molecule has 0 bridgehead atoms. The number of benzene rings is 2. The molecule has 4 rings (SSSR count). The highest BCUT2D eigenvalue weighted by Crippen LogP contribution is 2.26. The Morgan fingerprint density at radius 3 is 2.48 bits per heavy atom. The summed E-state index contributed by atoms with van der Waals surface area (Å²) in [6.07, 6.45) is 1.76. The van der Waals surface area contributed by atoms with E-state index in [0.29, 0.717) is 25.2 Å². The Hall–Kier alpha value is -3.39. The number of likely N-dealkylation sites (tertiary alicyclic amines) is 1. The number of carbonyl (C=O) groups is 2. The van der Waals surface area contributed by atoms with Crippen molar-refractivity contribution in [1.82, 2.24) is 15.2 Å². The zero-order valence-electron chi connectivity index (χ0n) is 18.7. The van der Waals surface area contributed by atoms with Crippen molar-refractivity contribution in [2.45, 2.75) is 25.3 Å². The number of nitrogens with one attached hydrogen (secondary N) is 1. The molecule has 33 heavy (non-hydrogen) atoms. The van der Waals surface area contributed by atoms with Gasteiger partial charge < -0.3 is 19.7 Å². The topological polar surface area (TPSA) is 80.8 Å². The molecule has 0 atom stereocenters. The second kappa shape index (κ2) is 10.5. The van der Waals surface area contributed by atoms with Crippen LogP contribution in [0, 0.1) is 0 Å². The van der Waals surface area contributed by atoms with E-state index in [4.69, 9.17) is 9.47 Å². The maximum Gasteiger partial charge on any atom is 0.270 e. The number of aromatic nitrogens is 1. The lowest BCUT2D eigenvalue weighted by molar-refractivity contribution is -0.131. The third-order valence-electron chi connectivity index (χ3n) is 5.79. The maximum atomic E-state index is 12.7. The number of amides is 2. The molecule has 1 N–H and O–H groups in total. The summed E-state index contributed by atoms with van der Waals surface area (Å²) in [4.78, 5) is 31.8. The molecule has 0 aliphatic carbocycles. The number of piperidine rings is 1. The molecule has 2 aromatic carbocycles. The predicted molar refractivity (Wildman–Crippen MR) is 128 cm³/mol. The van der Waals surface area contributed by atoms with Gasteiger partial charge in [0.25, 0.3) is 5.91 Å². The van der Waals surface area contributed by atoms with Gasteiger partial charge in [0.2, 0.25) is 5.91 Å². The number of thiazole rings is 1. The van der Waals surface area contributed by atoms with Gasteiger partial charge in [-0.3, -0.25) is 9.59 Å². The molecule has 1 aliphatic heterocycles. The van der Waals surface area contributed by atoms with Crippen molar-refractivity contribution < 1.29 is 19.1 Å². The zero-order valence-corrected chi connectivity index (χ0v) is 19.6. The number of ether oxygens (including phenoxy) is 2. The average Bonchev–Trinajstić information content (AvgIpc) is 3.35. The van der Waals surface area contributed by atoms with E-state index in [9.17, 15) is 9.59 Å². The lowest BCUT2D eigenvalue weighted by atomic mass is 10.0. The maximum absolute atomic E-state index is 12.7. The first-order chi connectivity index (χ1) is 16.1. The van der Waals surface area contributed by atoms with Crippen LogP contribution in [-0.4, -0.2) is 55.0 Å². The molecule has 1 fully saturated rings. The van der Waals surface area contributed by atoms with Crippen LogP contribution < -0.4 is 14.8 Å². The highest BCUT2D eigenvalue weighted by atomic mass is 32.1. The Bertz CT molecular complexity index is 1100. The number of carbonyl (C=O) groups excluding carboxylic acids is 2. The van der Waals surface area contributed by atoms with Crippen molar-refractivity contribution in [3.8, 4) is 22.1 Å². The normalized spacial score (nSPS) is 14.1. The van der Waals surface area contributed by atoms with Crippen LogP contribution in [0.1, 0.15) is 28.9 Å². The predicted octanol–water partition coefficient (Wildman–Crippen LogP) is 3.79. The van der Waals surface area contributed by atoms with E-state index in [1.807, 2.05) is 53.4 Å². The van der Waals surface area contributed by atoms with E-state index in [1.54, 1.807) is 19.6 Å². The SMILES string of the molecule is COc1ccc(-c2nc(C(=O)NC3CCN(C(=O)Cc4ccccc4OC)CC3)cs2)cc1. The molecular weight excluding hydrogens is 438 g/mol. The van der Waals surface area contributed by atoms with E-state index in [-0.39, 0.29) is 17.9 Å². The van der Waals surface area contributed by atoms with Crippen molar-refractivity contribution >= 4 is 23.2 Å². The van der Waals surface area contributed by atoms with Gasteiger partial charge in [0.15, 0.2) is 0 Å². The smallest absolute Gasteiger partial charge is 0.270 e. The molecule has 172 valence electrons. The van der Waals surface area contributed by atoms with Crippen LogP contribution in [0.25, 0.3) is 10.6 Å². The molecule has 1 saturated heterocycles. The number of nitrogens with zero attached hydrogens (tertiary/aromatic N) is 2. The van der Waals surface area contributed by atoms with Crippen LogP contribution in [0.5, 0.6) is 11.5 Å². The second-order valence-electron chi connectivity index (χ2n) is 7.88. The van der Waals surface area contributed by atoms with Gasteiger partial charge in [-0.05, 0) is 43.2 Å². The van der Waals surface area contributed by atoms with Crippen LogP contribution in [0.3, 0.4) is 0 Å². The first-order valence-corrected chi connectivity index (χ1v) is 11.8. The van der Waals surface area contributed by atoms with Gasteiger partial charge in [0.05, 0.1) is 20.6 Å². The minimum Gasteiger partial charge on any atom is -0.497 e. The Kier molecular flexibility index (Phi) is 7.24. The summed E-state index contributed by atoms with van der Waals surface area (Å²) < 4.78 is 10.5. The molecule has 0 unspecified atom stereocenters. The van der Waals surface area contributed by atoms with E-state index in [2.05, 4.69) is 10.3 Å². The molecule has 1 aliphatic rings. The summed E-state index contributed by atoms with van der Waals surface area (Å²) >= 11 is 1.44. The Balaban J connectivity index is 1.28. The summed E-state index contributed by atoms with van der Waals surface area (Å²) in [7, 11) is 3.24. The fourth-order valence-electron chi connectivity index (χ4n) is 3.90. The molecule has 1 aromatic heterocycles. The number of rotatable bonds is 7. The quantitative estimate of drug-likeness (QED) is 0.574. The van der Waals surface area contributed by atoms with Crippen LogP contribution in [0.4, 0.5) is 0 Å². The van der Waals surface area contributed by atoms with Gasteiger partial charge in [-0.2, -0.15) is 0 Å². The van der Waals surface area contributed by atoms with Crippen molar-refractivity contribution in [1.29, 1.82) is 0 Å². The van der Waals surface area contributed by atoms with Gasteiger partial charge in [-0.15, -0.1) is 11.3 Å². The Morgan fingerprint density at radius 2 is 1.79 bits per heavy atom. The third kappa shape index (κ3) is 5.51. The van der Waals surface area contributed by atoms with Gasteiger partial charge in [0.1, 0.15) is 22.2 Å². The Morgan fingerprint density at radius 1 is 1.06 bits per heavy atom. The molecular formula is C25H27N3O4S. The first-order valence-electron chi connectivity index (χ1n) is 10.9. The van der Waals surface area contributed by atoms with E-state index in [0.717, 1.165) is 40.5 Å². The lowest BCUT2D eigenvalue weighted by Crippen LogP contribution is -2.47.